The Hall–Kier alpha value is -1.72. The molecule has 0 saturated carbocycles. The summed E-state index contributed by atoms with van der Waals surface area (Å²) in [5.74, 6) is 0.264. The lowest BCUT2D eigenvalue weighted by atomic mass is 10.2. The number of quaternary nitrogens is 1. The maximum atomic E-state index is 12.2. The largest absolute Gasteiger partial charge is 0.331 e. The first kappa shape index (κ1) is 14.2. The van der Waals surface area contributed by atoms with E-state index in [9.17, 15) is 4.79 Å². The molecule has 1 saturated heterocycles. The van der Waals surface area contributed by atoms with Crippen molar-refractivity contribution in [1.82, 2.24) is 9.88 Å². The van der Waals surface area contributed by atoms with Gasteiger partial charge in [0.05, 0.1) is 32.6 Å². The standard InChI is InChI=1S/C16H19N3OS/c20-16(12-15-2-1-11-21-15)19-9-7-18(8-10-19)13-14-3-5-17-6-4-14/h1-6,11H,7-10,12-13H2/p+1. The van der Waals surface area contributed by atoms with Crippen LogP contribution in [0.1, 0.15) is 10.4 Å². The van der Waals surface area contributed by atoms with Gasteiger partial charge in [0.15, 0.2) is 0 Å². The zero-order valence-corrected chi connectivity index (χ0v) is 12.8. The Kier molecular flexibility index (Phi) is 4.62. The van der Waals surface area contributed by atoms with Crippen LogP contribution in [-0.4, -0.2) is 42.0 Å². The number of nitrogens with zero attached hydrogens (tertiary/aromatic N) is 2. The smallest absolute Gasteiger partial charge is 0.228 e. The van der Waals surface area contributed by atoms with Crippen LogP contribution in [-0.2, 0) is 17.8 Å². The molecule has 0 radical (unpaired) electrons. The van der Waals surface area contributed by atoms with E-state index in [2.05, 4.69) is 17.1 Å². The third-order valence-electron chi connectivity index (χ3n) is 3.93. The molecule has 1 aliphatic heterocycles. The number of thiophene rings is 1. The third-order valence-corrected chi connectivity index (χ3v) is 4.81. The van der Waals surface area contributed by atoms with Gasteiger partial charge in [-0.25, -0.2) is 0 Å². The van der Waals surface area contributed by atoms with Gasteiger partial charge in [0, 0.05) is 22.8 Å². The Morgan fingerprint density at radius 2 is 2.00 bits per heavy atom. The van der Waals surface area contributed by atoms with E-state index >= 15 is 0 Å². The van der Waals surface area contributed by atoms with E-state index in [1.54, 1.807) is 16.2 Å². The van der Waals surface area contributed by atoms with Crippen LogP contribution < -0.4 is 4.90 Å². The van der Waals surface area contributed by atoms with Crippen LogP contribution in [0.25, 0.3) is 0 Å². The molecule has 0 aromatic carbocycles. The number of hydrogen-bond donors (Lipinski definition) is 1. The van der Waals surface area contributed by atoms with Crippen molar-refractivity contribution in [2.75, 3.05) is 26.2 Å². The molecule has 2 aromatic heterocycles. The lowest BCUT2D eigenvalue weighted by molar-refractivity contribution is -0.917. The summed E-state index contributed by atoms with van der Waals surface area (Å²) in [6, 6.07) is 8.18. The van der Waals surface area contributed by atoms with Gasteiger partial charge in [-0.3, -0.25) is 9.78 Å². The molecule has 4 nitrogen and oxygen atoms in total. The maximum absolute atomic E-state index is 12.2. The monoisotopic (exact) mass is 302 g/mol. The number of pyridine rings is 1. The van der Waals surface area contributed by atoms with Crippen LogP contribution in [0.5, 0.6) is 0 Å². The Labute approximate surface area is 129 Å². The Morgan fingerprint density at radius 1 is 1.24 bits per heavy atom. The number of carbonyl (C=O) groups is 1. The fourth-order valence-corrected chi connectivity index (χ4v) is 3.41. The third kappa shape index (κ3) is 3.89. The van der Waals surface area contributed by atoms with Crippen molar-refractivity contribution in [2.45, 2.75) is 13.0 Å². The molecule has 3 rings (SSSR count). The van der Waals surface area contributed by atoms with Gasteiger partial charge in [0.2, 0.25) is 5.91 Å². The molecule has 3 heterocycles. The number of aromatic nitrogens is 1. The Morgan fingerprint density at radius 3 is 2.67 bits per heavy atom. The van der Waals surface area contributed by atoms with Gasteiger partial charge in [-0.15, -0.1) is 11.3 Å². The van der Waals surface area contributed by atoms with Crippen LogP contribution in [0.15, 0.2) is 42.0 Å². The number of amides is 1. The van der Waals surface area contributed by atoms with Crippen molar-refractivity contribution >= 4 is 17.2 Å². The summed E-state index contributed by atoms with van der Waals surface area (Å²) < 4.78 is 0. The molecule has 0 spiro atoms. The maximum Gasteiger partial charge on any atom is 0.228 e. The summed E-state index contributed by atoms with van der Waals surface area (Å²) in [6.07, 6.45) is 4.24. The summed E-state index contributed by atoms with van der Waals surface area (Å²) >= 11 is 1.66. The van der Waals surface area contributed by atoms with Gasteiger partial charge in [0.25, 0.3) is 0 Å². The Bertz CT molecular complexity index is 562. The SMILES string of the molecule is O=C(Cc1cccs1)N1CC[NH+](Cc2ccncc2)CC1. The fourth-order valence-electron chi connectivity index (χ4n) is 2.71. The molecule has 2 aromatic rings. The Balaban J connectivity index is 1.47. The van der Waals surface area contributed by atoms with E-state index in [-0.39, 0.29) is 5.91 Å². The molecule has 0 atom stereocenters. The highest BCUT2D eigenvalue weighted by molar-refractivity contribution is 7.10. The van der Waals surface area contributed by atoms with Gasteiger partial charge >= 0.3 is 0 Å². The predicted molar refractivity (Wildman–Crippen MR) is 83.2 cm³/mol. The van der Waals surface area contributed by atoms with Crippen molar-refractivity contribution in [3.05, 3.63) is 52.5 Å². The number of hydrogen-bond acceptors (Lipinski definition) is 3. The fraction of sp³-hybridized carbons (Fsp3) is 0.375. The van der Waals surface area contributed by atoms with Gasteiger partial charge in [0.1, 0.15) is 6.54 Å². The summed E-state index contributed by atoms with van der Waals surface area (Å²) in [4.78, 5) is 21.0. The minimum absolute atomic E-state index is 0.264. The van der Waals surface area contributed by atoms with Gasteiger partial charge in [-0.1, -0.05) is 6.07 Å². The number of piperazine rings is 1. The minimum Gasteiger partial charge on any atom is -0.331 e. The van der Waals surface area contributed by atoms with E-state index in [1.807, 2.05) is 34.8 Å². The second-order valence-electron chi connectivity index (χ2n) is 5.42. The van der Waals surface area contributed by atoms with Crippen molar-refractivity contribution in [3.63, 3.8) is 0 Å². The predicted octanol–water partition coefficient (Wildman–Crippen LogP) is 0.613. The number of rotatable bonds is 4. The zero-order valence-electron chi connectivity index (χ0n) is 12.0. The van der Waals surface area contributed by atoms with Crippen molar-refractivity contribution in [3.8, 4) is 0 Å². The summed E-state index contributed by atoms with van der Waals surface area (Å²) in [5.41, 5.74) is 1.32. The van der Waals surface area contributed by atoms with E-state index in [0.717, 1.165) is 37.6 Å². The van der Waals surface area contributed by atoms with Crippen molar-refractivity contribution in [1.29, 1.82) is 0 Å². The molecule has 1 amide bonds. The summed E-state index contributed by atoms with van der Waals surface area (Å²) in [5, 5.41) is 2.03. The normalized spacial score (nSPS) is 16.1. The van der Waals surface area contributed by atoms with Crippen LogP contribution in [0.4, 0.5) is 0 Å². The average molecular weight is 302 g/mol. The van der Waals surface area contributed by atoms with Crippen molar-refractivity contribution < 1.29 is 9.69 Å². The summed E-state index contributed by atoms with van der Waals surface area (Å²) in [6.45, 7) is 4.81. The van der Waals surface area contributed by atoms with Crippen LogP contribution >= 0.6 is 11.3 Å². The number of carbonyl (C=O) groups excluding carboxylic acids is 1. The van der Waals surface area contributed by atoms with E-state index in [1.165, 1.54) is 5.56 Å². The summed E-state index contributed by atoms with van der Waals surface area (Å²) in [7, 11) is 0. The van der Waals surface area contributed by atoms with Crippen LogP contribution in [0, 0.1) is 0 Å². The molecule has 0 unspecified atom stereocenters. The minimum atomic E-state index is 0.264. The second kappa shape index (κ2) is 6.83. The quantitative estimate of drug-likeness (QED) is 0.899. The molecule has 0 bridgehead atoms. The second-order valence-corrected chi connectivity index (χ2v) is 6.45. The van der Waals surface area contributed by atoms with E-state index < -0.39 is 0 Å². The molecule has 21 heavy (non-hydrogen) atoms. The molecular weight excluding hydrogens is 282 g/mol. The van der Waals surface area contributed by atoms with E-state index in [4.69, 9.17) is 0 Å². The van der Waals surface area contributed by atoms with E-state index in [0.29, 0.717) is 6.42 Å². The van der Waals surface area contributed by atoms with Gasteiger partial charge in [-0.05, 0) is 23.6 Å². The first-order valence-electron chi connectivity index (χ1n) is 7.34. The molecular formula is C16H20N3OS+. The zero-order chi connectivity index (χ0) is 14.5. The highest BCUT2D eigenvalue weighted by Gasteiger charge is 2.23. The van der Waals surface area contributed by atoms with Gasteiger partial charge < -0.3 is 9.80 Å². The van der Waals surface area contributed by atoms with Gasteiger partial charge in [-0.2, -0.15) is 0 Å². The number of nitrogens with one attached hydrogen (secondary N) is 1. The molecule has 110 valence electrons. The first-order chi connectivity index (χ1) is 10.3. The highest BCUT2D eigenvalue weighted by Crippen LogP contribution is 2.10. The molecule has 5 heteroatoms. The molecule has 1 aliphatic rings. The van der Waals surface area contributed by atoms with Crippen LogP contribution in [0.3, 0.4) is 0 Å². The molecule has 0 aliphatic carbocycles. The topological polar surface area (TPSA) is 37.6 Å². The first-order valence-corrected chi connectivity index (χ1v) is 8.22. The lowest BCUT2D eigenvalue weighted by Crippen LogP contribution is -3.13. The lowest BCUT2D eigenvalue weighted by Gasteiger charge is -2.32. The highest BCUT2D eigenvalue weighted by atomic mass is 32.1. The van der Waals surface area contributed by atoms with Crippen molar-refractivity contribution in [2.24, 2.45) is 0 Å². The molecule has 1 fully saturated rings. The average Bonchev–Trinajstić information content (AvgIpc) is 3.02. The van der Waals surface area contributed by atoms with Crippen LogP contribution in [0.2, 0.25) is 0 Å². The molecule has 1 N–H and O–H groups in total.